The lowest BCUT2D eigenvalue weighted by molar-refractivity contribution is -0.135. The van der Waals surface area contributed by atoms with Crippen LogP contribution < -0.4 is 4.74 Å². The van der Waals surface area contributed by atoms with Crippen LogP contribution in [0.15, 0.2) is 42.5 Å². The molecule has 4 nitrogen and oxygen atoms in total. The van der Waals surface area contributed by atoms with Gasteiger partial charge in [-0.3, -0.25) is 9.69 Å². The first-order chi connectivity index (χ1) is 13.3. The van der Waals surface area contributed by atoms with Crippen molar-refractivity contribution < 1.29 is 9.53 Å². The van der Waals surface area contributed by atoms with Crippen molar-refractivity contribution in [3.8, 4) is 5.75 Å². The molecule has 0 radical (unpaired) electrons. The van der Waals surface area contributed by atoms with E-state index in [1.54, 1.807) is 0 Å². The second-order valence-corrected chi connectivity index (χ2v) is 8.46. The second kappa shape index (κ2) is 7.16. The zero-order valence-electron chi connectivity index (χ0n) is 15.8. The van der Waals surface area contributed by atoms with Crippen molar-refractivity contribution in [2.75, 3.05) is 32.8 Å². The first kappa shape index (κ1) is 17.1. The second-order valence-electron chi connectivity index (χ2n) is 8.46. The van der Waals surface area contributed by atoms with Crippen LogP contribution in [-0.4, -0.2) is 54.5 Å². The lowest BCUT2D eigenvalue weighted by Crippen LogP contribution is -2.53. The molecule has 2 aromatic carbocycles. The van der Waals surface area contributed by atoms with Crippen molar-refractivity contribution in [3.63, 3.8) is 0 Å². The number of rotatable bonds is 4. The summed E-state index contributed by atoms with van der Waals surface area (Å²) in [5.74, 6) is 2.78. The summed E-state index contributed by atoms with van der Waals surface area (Å²) < 4.78 is 5.79. The number of ether oxygens (including phenoxy) is 1. The molecule has 2 bridgehead atoms. The molecule has 3 fully saturated rings. The molecule has 5 rings (SSSR count). The van der Waals surface area contributed by atoms with E-state index in [1.165, 1.54) is 31.1 Å². The Morgan fingerprint density at radius 3 is 2.52 bits per heavy atom. The number of piperazine rings is 1. The Balaban J connectivity index is 1.13. The van der Waals surface area contributed by atoms with Crippen LogP contribution in [0, 0.1) is 11.8 Å². The number of fused-ring (bicyclic) bond motifs is 3. The number of benzene rings is 2. The van der Waals surface area contributed by atoms with Crippen LogP contribution in [0.5, 0.6) is 5.75 Å². The largest absolute Gasteiger partial charge is 0.484 e. The highest BCUT2D eigenvalue weighted by Crippen LogP contribution is 2.46. The summed E-state index contributed by atoms with van der Waals surface area (Å²) >= 11 is 0. The molecule has 3 aliphatic rings. The van der Waals surface area contributed by atoms with E-state index in [2.05, 4.69) is 17.0 Å². The van der Waals surface area contributed by atoms with Crippen LogP contribution in [0.25, 0.3) is 10.8 Å². The monoisotopic (exact) mass is 364 g/mol. The van der Waals surface area contributed by atoms with Crippen molar-refractivity contribution in [3.05, 3.63) is 42.5 Å². The third-order valence-corrected chi connectivity index (χ3v) is 6.92. The van der Waals surface area contributed by atoms with Crippen molar-refractivity contribution >= 4 is 16.7 Å². The molecule has 142 valence electrons. The first-order valence-corrected chi connectivity index (χ1v) is 10.4. The van der Waals surface area contributed by atoms with Crippen molar-refractivity contribution in [1.82, 2.24) is 9.80 Å². The quantitative estimate of drug-likeness (QED) is 0.832. The summed E-state index contributed by atoms with van der Waals surface area (Å²) in [6.07, 6.45) is 5.72. The van der Waals surface area contributed by atoms with Gasteiger partial charge in [0.25, 0.3) is 5.91 Å². The van der Waals surface area contributed by atoms with Gasteiger partial charge in [-0.1, -0.05) is 36.8 Å². The van der Waals surface area contributed by atoms with Gasteiger partial charge in [0.1, 0.15) is 5.75 Å². The minimum atomic E-state index is 0.107. The molecule has 0 N–H and O–H groups in total. The molecule has 2 saturated carbocycles. The highest BCUT2D eigenvalue weighted by molar-refractivity contribution is 5.84. The summed E-state index contributed by atoms with van der Waals surface area (Å²) in [6, 6.07) is 15.0. The minimum Gasteiger partial charge on any atom is -0.484 e. The maximum absolute atomic E-state index is 12.6. The summed E-state index contributed by atoms with van der Waals surface area (Å²) in [6.45, 7) is 3.86. The zero-order chi connectivity index (χ0) is 18.2. The normalized spacial score (nSPS) is 28.0. The summed E-state index contributed by atoms with van der Waals surface area (Å²) in [7, 11) is 0. The highest BCUT2D eigenvalue weighted by atomic mass is 16.5. The summed E-state index contributed by atoms with van der Waals surface area (Å²) in [5.41, 5.74) is 0. The Bertz CT molecular complexity index is 828. The molecule has 3 atom stereocenters. The van der Waals surface area contributed by atoms with Gasteiger partial charge in [0.2, 0.25) is 0 Å². The first-order valence-electron chi connectivity index (χ1n) is 10.4. The fourth-order valence-electron chi connectivity index (χ4n) is 5.45. The average molecular weight is 364 g/mol. The van der Waals surface area contributed by atoms with Crippen LogP contribution in [0.4, 0.5) is 0 Å². The van der Waals surface area contributed by atoms with Gasteiger partial charge in [-0.2, -0.15) is 0 Å². The lowest BCUT2D eigenvalue weighted by Gasteiger charge is -2.41. The van der Waals surface area contributed by atoms with Gasteiger partial charge in [-0.05, 0) is 54.0 Å². The van der Waals surface area contributed by atoms with Crippen molar-refractivity contribution in [2.24, 2.45) is 11.8 Å². The summed E-state index contributed by atoms with van der Waals surface area (Å²) in [4.78, 5) is 17.2. The minimum absolute atomic E-state index is 0.107. The third-order valence-electron chi connectivity index (χ3n) is 6.92. The van der Waals surface area contributed by atoms with Gasteiger partial charge in [-0.25, -0.2) is 0 Å². The van der Waals surface area contributed by atoms with E-state index in [-0.39, 0.29) is 12.5 Å². The standard InChI is InChI=1S/C23H28N2O2/c26-23(16-27-21-8-7-18-3-1-2-4-19(18)15-21)25-11-9-24(10-12-25)22-14-17-5-6-20(22)13-17/h1-4,7-8,15,17,20,22H,5-6,9-14,16H2/t17-,20-,22+/m0/s1. The van der Waals surface area contributed by atoms with Gasteiger partial charge < -0.3 is 9.64 Å². The van der Waals surface area contributed by atoms with Gasteiger partial charge >= 0.3 is 0 Å². The SMILES string of the molecule is O=C(COc1ccc2ccccc2c1)N1CCN([C@@H]2C[C@H]3CC[C@H]2C3)CC1. The van der Waals surface area contributed by atoms with Gasteiger partial charge in [-0.15, -0.1) is 0 Å². The fraction of sp³-hybridized carbons (Fsp3) is 0.522. The Morgan fingerprint density at radius 1 is 0.963 bits per heavy atom. The van der Waals surface area contributed by atoms with E-state index in [4.69, 9.17) is 4.74 Å². The number of hydrogen-bond donors (Lipinski definition) is 0. The predicted octanol–water partition coefficient (Wildman–Crippen LogP) is 3.55. The molecule has 1 amide bonds. The zero-order valence-corrected chi connectivity index (χ0v) is 15.8. The Labute approximate surface area is 161 Å². The van der Waals surface area contributed by atoms with E-state index >= 15 is 0 Å². The number of carbonyl (C=O) groups excluding carboxylic acids is 1. The number of carbonyl (C=O) groups is 1. The fourth-order valence-corrected chi connectivity index (χ4v) is 5.45. The molecule has 0 aromatic heterocycles. The molecule has 2 aromatic rings. The third kappa shape index (κ3) is 3.43. The number of amides is 1. The van der Waals surface area contributed by atoms with Crippen molar-refractivity contribution in [1.29, 1.82) is 0 Å². The molecule has 4 heteroatoms. The van der Waals surface area contributed by atoms with Crippen LogP contribution >= 0.6 is 0 Å². The maximum atomic E-state index is 12.6. The number of hydrogen-bond acceptors (Lipinski definition) is 3. The average Bonchev–Trinajstić information content (AvgIpc) is 3.36. The molecule has 0 unspecified atom stereocenters. The Hall–Kier alpha value is -2.07. The van der Waals surface area contributed by atoms with E-state index in [9.17, 15) is 4.79 Å². The Kier molecular flexibility index (Phi) is 4.52. The smallest absolute Gasteiger partial charge is 0.260 e. The van der Waals surface area contributed by atoms with E-state index in [0.717, 1.165) is 55.2 Å². The van der Waals surface area contributed by atoms with Crippen LogP contribution in [-0.2, 0) is 4.79 Å². The predicted molar refractivity (Wildman–Crippen MR) is 107 cm³/mol. The topological polar surface area (TPSA) is 32.8 Å². The molecule has 1 saturated heterocycles. The molecule has 0 spiro atoms. The van der Waals surface area contributed by atoms with Gasteiger partial charge in [0.05, 0.1) is 0 Å². The van der Waals surface area contributed by atoms with Gasteiger partial charge in [0.15, 0.2) is 6.61 Å². The van der Waals surface area contributed by atoms with E-state index < -0.39 is 0 Å². The highest BCUT2D eigenvalue weighted by Gasteiger charge is 2.42. The molecule has 1 aliphatic heterocycles. The molecule has 2 aliphatic carbocycles. The molecule has 1 heterocycles. The van der Waals surface area contributed by atoms with Crippen LogP contribution in [0.1, 0.15) is 25.7 Å². The lowest BCUT2D eigenvalue weighted by atomic mass is 9.93. The van der Waals surface area contributed by atoms with E-state index in [1.807, 2.05) is 35.2 Å². The molecular formula is C23H28N2O2. The van der Waals surface area contributed by atoms with Crippen LogP contribution in [0.3, 0.4) is 0 Å². The number of nitrogens with zero attached hydrogens (tertiary/aromatic N) is 2. The summed E-state index contributed by atoms with van der Waals surface area (Å²) in [5, 5.41) is 2.33. The van der Waals surface area contributed by atoms with Gasteiger partial charge in [0, 0.05) is 32.2 Å². The molecular weight excluding hydrogens is 336 g/mol. The van der Waals surface area contributed by atoms with Crippen molar-refractivity contribution in [2.45, 2.75) is 31.7 Å². The van der Waals surface area contributed by atoms with Crippen LogP contribution in [0.2, 0.25) is 0 Å². The Morgan fingerprint density at radius 2 is 1.78 bits per heavy atom. The molecule has 27 heavy (non-hydrogen) atoms. The van der Waals surface area contributed by atoms with E-state index in [0.29, 0.717) is 0 Å². The maximum Gasteiger partial charge on any atom is 0.260 e.